The third-order valence-corrected chi connectivity index (χ3v) is 19.3. The van der Waals surface area contributed by atoms with Crippen LogP contribution in [0, 0.1) is 39.5 Å². The van der Waals surface area contributed by atoms with Gasteiger partial charge >= 0.3 is 0 Å². The second kappa shape index (κ2) is 19.9. The number of hydrogen-bond acceptors (Lipinski definition) is 5. The van der Waals surface area contributed by atoms with Crippen molar-refractivity contribution in [3.8, 4) is 22.3 Å². The van der Waals surface area contributed by atoms with Crippen LogP contribution in [0.4, 0.5) is 28.7 Å². The topological polar surface area (TPSA) is 45.4 Å². The first-order valence-electron chi connectivity index (χ1n) is 30.7. The molecule has 422 valence electrons. The van der Waals surface area contributed by atoms with E-state index in [2.05, 4.69) is 297 Å². The smallest absolute Gasteiger partial charge is 0.145 e. The molecule has 8 aromatic carbocycles. The Morgan fingerprint density at radius 3 is 1.63 bits per heavy atom. The molecule has 0 radical (unpaired) electrons. The zero-order valence-corrected chi connectivity index (χ0v) is 50.9. The number of benzene rings is 8. The Bertz CT molecular complexity index is 4600. The minimum absolute atomic E-state index is 0.0388. The van der Waals surface area contributed by atoms with Gasteiger partial charge in [-0.3, -0.25) is 9.80 Å². The Balaban J connectivity index is 1.08. The first-order chi connectivity index (χ1) is 41.6. The van der Waals surface area contributed by atoms with E-state index in [-0.39, 0.29) is 34.5 Å². The van der Waals surface area contributed by atoms with Crippen LogP contribution in [0.25, 0.3) is 49.9 Å². The number of aromatic nitrogens is 2. The van der Waals surface area contributed by atoms with Crippen molar-refractivity contribution in [3.05, 3.63) is 298 Å². The maximum Gasteiger partial charge on any atom is 0.145 e. The monoisotopic (exact) mass is 1120 g/mol. The second-order valence-corrected chi connectivity index (χ2v) is 26.8. The van der Waals surface area contributed by atoms with Crippen molar-refractivity contribution in [2.24, 2.45) is 11.8 Å². The van der Waals surface area contributed by atoms with E-state index in [4.69, 9.17) is 14.4 Å². The fraction of sp³-hybridized carbons (Fsp3) is 0.210. The van der Waals surface area contributed by atoms with Gasteiger partial charge in [0, 0.05) is 80.5 Å². The Labute approximate surface area is 506 Å². The molecule has 11 aromatic rings. The van der Waals surface area contributed by atoms with Gasteiger partial charge in [0.1, 0.15) is 22.8 Å². The summed E-state index contributed by atoms with van der Waals surface area (Å²) in [5.74, 6) is 1.72. The van der Waals surface area contributed by atoms with Crippen LogP contribution >= 0.6 is 0 Å². The molecule has 5 nitrogen and oxygen atoms in total. The highest BCUT2D eigenvalue weighted by molar-refractivity contribution is 6.16. The van der Waals surface area contributed by atoms with Crippen LogP contribution < -0.4 is 9.80 Å². The van der Waals surface area contributed by atoms with Gasteiger partial charge in [0.15, 0.2) is 0 Å². The molecule has 5 atom stereocenters. The number of hydrogen-bond donors (Lipinski definition) is 0. The molecule has 0 aliphatic heterocycles. The molecule has 4 aliphatic rings. The van der Waals surface area contributed by atoms with Crippen molar-refractivity contribution < 1.29 is 4.42 Å². The van der Waals surface area contributed by atoms with Crippen molar-refractivity contribution in [1.29, 1.82) is 0 Å². The largest absolute Gasteiger partial charge is 0.456 e. The number of nitrogens with zero attached hydrogens (tertiary/aromatic N) is 4. The van der Waals surface area contributed by atoms with Gasteiger partial charge in [-0.15, -0.1) is 0 Å². The molecule has 5 heteroatoms. The van der Waals surface area contributed by atoms with E-state index in [0.29, 0.717) is 0 Å². The molecular weight excluding hydrogens is 1040 g/mol. The van der Waals surface area contributed by atoms with Crippen LogP contribution in [0.5, 0.6) is 0 Å². The summed E-state index contributed by atoms with van der Waals surface area (Å²) in [6.07, 6.45) is 16.3. The summed E-state index contributed by atoms with van der Waals surface area (Å²) >= 11 is 0. The number of anilines is 5. The highest BCUT2D eigenvalue weighted by Gasteiger charge is 2.64. The molecule has 3 aromatic heterocycles. The third-order valence-electron chi connectivity index (χ3n) is 19.3. The van der Waals surface area contributed by atoms with Crippen molar-refractivity contribution in [2.75, 3.05) is 9.80 Å². The quantitative estimate of drug-likeness (QED) is 0.152. The van der Waals surface area contributed by atoms with Crippen LogP contribution in [0.1, 0.15) is 120 Å². The molecule has 0 saturated carbocycles. The van der Waals surface area contributed by atoms with Crippen LogP contribution in [-0.4, -0.2) is 9.97 Å². The minimum Gasteiger partial charge on any atom is -0.456 e. The average Bonchev–Trinajstić information content (AvgIpc) is 1.49. The number of furan rings is 1. The maximum atomic E-state index is 7.68. The lowest BCUT2D eigenvalue weighted by atomic mass is 9.60. The SMILES string of the molecule is Cc1ccc(-c2cc(C)cnc2N(C2=CC3C(c4ccccc42)c2c(cc(N(c4ccc(C(C)(C)C)cc4)c4ncc(C)cc4-c4ccc(C)cc4)c4c2oc2ccccc24)C32c3ccccc3C3C=CC=CC32)c2ccc(C(C)(C)C)cc2)cc1. The molecule has 15 rings (SSSR count). The van der Waals surface area contributed by atoms with Gasteiger partial charge in [-0.25, -0.2) is 9.97 Å². The van der Waals surface area contributed by atoms with Crippen LogP contribution in [-0.2, 0) is 16.2 Å². The Kier molecular flexibility index (Phi) is 12.4. The van der Waals surface area contributed by atoms with E-state index in [1.807, 2.05) is 12.4 Å². The van der Waals surface area contributed by atoms with Crippen molar-refractivity contribution in [2.45, 2.75) is 97.3 Å². The average molecular weight is 1120 g/mol. The predicted octanol–water partition coefficient (Wildman–Crippen LogP) is 21.1. The lowest BCUT2D eigenvalue weighted by molar-refractivity contribution is 0.309. The molecule has 0 amide bonds. The lowest BCUT2D eigenvalue weighted by Gasteiger charge is -2.44. The number of pyridine rings is 2. The molecule has 0 fully saturated rings. The van der Waals surface area contributed by atoms with Crippen molar-refractivity contribution in [1.82, 2.24) is 9.97 Å². The number of fused-ring (bicyclic) bond motifs is 16. The minimum atomic E-state index is -0.603. The molecule has 1 spiro atoms. The zero-order valence-electron chi connectivity index (χ0n) is 50.9. The normalized spacial score (nSPS) is 19.1. The van der Waals surface area contributed by atoms with E-state index in [0.717, 1.165) is 89.7 Å². The molecular formula is C81H72N4O. The Morgan fingerprint density at radius 1 is 0.477 bits per heavy atom. The van der Waals surface area contributed by atoms with Crippen molar-refractivity contribution in [3.63, 3.8) is 0 Å². The van der Waals surface area contributed by atoms with Crippen LogP contribution in [0.3, 0.4) is 0 Å². The summed E-state index contributed by atoms with van der Waals surface area (Å²) in [6, 6.07) is 71.0. The summed E-state index contributed by atoms with van der Waals surface area (Å²) in [6.45, 7) is 22.4. The number of aryl methyl sites for hydroxylation is 4. The lowest BCUT2D eigenvalue weighted by Crippen LogP contribution is -2.40. The number of para-hydroxylation sites is 1. The molecule has 5 unspecified atom stereocenters. The fourth-order valence-electron chi connectivity index (χ4n) is 15.1. The summed E-state index contributed by atoms with van der Waals surface area (Å²) in [7, 11) is 0. The fourth-order valence-corrected chi connectivity index (χ4v) is 15.1. The van der Waals surface area contributed by atoms with Gasteiger partial charge in [0.05, 0.1) is 16.8 Å². The van der Waals surface area contributed by atoms with E-state index in [1.165, 1.54) is 55.6 Å². The standard InChI is InChI=1S/C81H72N4O/c1-49-27-31-53(32-28-49)64-43-51(3)47-82-77(64)84(57-39-35-55(36-40-57)79(5,6)7)70-45-68-73(62-22-12-11-21-61(62)70)75-69(81(68)66-24-16-13-19-59(66)60-20-14-17-25-67(60)81)46-71(74-63-23-15-18-26-72(63)86-76(74)75)85(58-41-37-56(38-42-58)80(8,9)10)78-65(44-52(4)48-83-78)54-33-29-50(2)30-34-54/h11-48,59,66,68,73H,1-10H3. The van der Waals surface area contributed by atoms with Gasteiger partial charge in [-0.05, 0) is 143 Å². The van der Waals surface area contributed by atoms with Gasteiger partial charge in [0.25, 0.3) is 0 Å². The highest BCUT2D eigenvalue weighted by Crippen LogP contribution is 2.71. The number of allylic oxidation sites excluding steroid dienone is 5. The molecule has 86 heavy (non-hydrogen) atoms. The Morgan fingerprint density at radius 2 is 1.01 bits per heavy atom. The molecule has 0 N–H and O–H groups in total. The van der Waals surface area contributed by atoms with Crippen LogP contribution in [0.2, 0.25) is 0 Å². The Hall–Kier alpha value is -9.32. The number of rotatable bonds is 8. The first kappa shape index (κ1) is 53.4. The third kappa shape index (κ3) is 8.32. The van der Waals surface area contributed by atoms with Gasteiger partial charge in [-0.1, -0.05) is 223 Å². The van der Waals surface area contributed by atoms with E-state index < -0.39 is 5.41 Å². The van der Waals surface area contributed by atoms with Crippen LogP contribution in [0.15, 0.2) is 235 Å². The maximum absolute atomic E-state index is 7.68. The van der Waals surface area contributed by atoms with Gasteiger partial charge in [0.2, 0.25) is 0 Å². The second-order valence-electron chi connectivity index (χ2n) is 26.8. The highest BCUT2D eigenvalue weighted by atomic mass is 16.3. The van der Waals surface area contributed by atoms with Crippen molar-refractivity contribution >= 4 is 56.3 Å². The van der Waals surface area contributed by atoms with E-state index >= 15 is 0 Å². The van der Waals surface area contributed by atoms with E-state index in [1.54, 1.807) is 0 Å². The predicted molar refractivity (Wildman–Crippen MR) is 358 cm³/mol. The summed E-state index contributed by atoms with van der Waals surface area (Å²) in [5.41, 5.74) is 24.6. The molecule has 0 bridgehead atoms. The summed E-state index contributed by atoms with van der Waals surface area (Å²) in [4.78, 5) is 16.0. The molecule has 3 heterocycles. The van der Waals surface area contributed by atoms with E-state index in [9.17, 15) is 0 Å². The zero-order chi connectivity index (χ0) is 59.0. The van der Waals surface area contributed by atoms with Gasteiger partial charge in [-0.2, -0.15) is 0 Å². The van der Waals surface area contributed by atoms with Gasteiger partial charge < -0.3 is 4.42 Å². The first-order valence-corrected chi connectivity index (χ1v) is 30.7. The molecule has 4 aliphatic carbocycles. The summed E-state index contributed by atoms with van der Waals surface area (Å²) in [5, 5.41) is 2.15. The molecule has 0 saturated heterocycles. The summed E-state index contributed by atoms with van der Waals surface area (Å²) < 4.78 is 7.68.